The number of hydrogen-bond donors (Lipinski definition) is 1. The number of nitrogens with one attached hydrogen (secondary N) is 1. The van der Waals surface area contributed by atoms with Gasteiger partial charge in [-0.05, 0) is 37.1 Å². The van der Waals surface area contributed by atoms with Crippen LogP contribution in [-0.2, 0) is 15.6 Å². The van der Waals surface area contributed by atoms with Gasteiger partial charge in [-0.25, -0.2) is 0 Å². The molecule has 1 N–H and O–H groups in total. The van der Waals surface area contributed by atoms with Crippen LogP contribution in [0.4, 0.5) is 5.69 Å². The summed E-state index contributed by atoms with van der Waals surface area (Å²) in [6.45, 7) is 5.58. The Labute approximate surface area is 162 Å². The molecule has 138 valence electrons. The van der Waals surface area contributed by atoms with Crippen LogP contribution in [0, 0.1) is 13.8 Å². The molecular weight excluding hydrogens is 356 g/mol. The molecule has 0 fully saturated rings. The van der Waals surface area contributed by atoms with E-state index >= 15 is 0 Å². The number of aromatic nitrogens is 1. The highest BCUT2D eigenvalue weighted by atomic mass is 32.2. The van der Waals surface area contributed by atoms with Gasteiger partial charge in [-0.3, -0.25) is 14.0 Å². The monoisotopic (exact) mass is 378 g/mol. The van der Waals surface area contributed by atoms with Gasteiger partial charge in [-0.2, -0.15) is 0 Å². The van der Waals surface area contributed by atoms with Crippen molar-refractivity contribution in [3.8, 4) is 22.4 Å². The Bertz CT molecular complexity index is 1030. The Balaban J connectivity index is 2.15. The van der Waals surface area contributed by atoms with Crippen LogP contribution in [0.1, 0.15) is 18.1 Å². The molecule has 0 saturated heterocycles. The average Bonchev–Trinajstić information content (AvgIpc) is 2.64. The molecule has 27 heavy (non-hydrogen) atoms. The number of benzene rings is 2. The van der Waals surface area contributed by atoms with E-state index in [-0.39, 0.29) is 5.91 Å². The molecule has 0 spiro atoms. The summed E-state index contributed by atoms with van der Waals surface area (Å²) in [6.07, 6.45) is 3.46. The number of carbonyl (C=O) groups excluding carboxylic acids is 1. The van der Waals surface area contributed by atoms with Crippen molar-refractivity contribution in [3.05, 3.63) is 65.9 Å². The predicted octanol–water partition coefficient (Wildman–Crippen LogP) is 4.73. The smallest absolute Gasteiger partial charge is 0.221 e. The topological polar surface area (TPSA) is 59.1 Å². The lowest BCUT2D eigenvalue weighted by Gasteiger charge is -2.16. The lowest BCUT2D eigenvalue weighted by molar-refractivity contribution is -0.114. The van der Waals surface area contributed by atoms with Crippen molar-refractivity contribution < 1.29 is 9.00 Å². The fourth-order valence-corrected chi connectivity index (χ4v) is 3.63. The average molecular weight is 378 g/mol. The largest absolute Gasteiger partial charge is 0.326 e. The minimum atomic E-state index is -1.12. The molecule has 1 heterocycles. The summed E-state index contributed by atoms with van der Waals surface area (Å²) >= 11 is 0. The van der Waals surface area contributed by atoms with Gasteiger partial charge in [-0.15, -0.1) is 0 Å². The summed E-state index contributed by atoms with van der Waals surface area (Å²) in [6, 6.07) is 15.6. The maximum Gasteiger partial charge on any atom is 0.221 e. The third kappa shape index (κ3) is 3.98. The van der Waals surface area contributed by atoms with Crippen LogP contribution in [0.15, 0.2) is 59.6 Å². The molecule has 1 aromatic heterocycles. The molecule has 5 heteroatoms. The zero-order valence-electron chi connectivity index (χ0n) is 15.9. The molecule has 0 radical (unpaired) electrons. The minimum Gasteiger partial charge on any atom is -0.326 e. The highest BCUT2D eigenvalue weighted by molar-refractivity contribution is 7.84. The van der Waals surface area contributed by atoms with E-state index in [0.717, 1.165) is 33.5 Å². The van der Waals surface area contributed by atoms with E-state index < -0.39 is 10.8 Å². The van der Waals surface area contributed by atoms with E-state index in [2.05, 4.69) is 19.2 Å². The Hall–Kier alpha value is -2.79. The molecule has 0 aliphatic carbocycles. The molecule has 1 atom stereocenters. The Morgan fingerprint density at radius 3 is 2.33 bits per heavy atom. The van der Waals surface area contributed by atoms with Crippen molar-refractivity contribution in [2.75, 3.05) is 11.6 Å². The van der Waals surface area contributed by atoms with Crippen molar-refractivity contribution in [2.24, 2.45) is 0 Å². The SMILES string of the molecule is CC(=O)Nc1cc(S(C)=O)ccc1-c1cnc(-c2ccccc2)c(C)c1C. The zero-order valence-corrected chi connectivity index (χ0v) is 16.7. The number of nitrogens with zero attached hydrogens (tertiary/aromatic N) is 1. The summed E-state index contributed by atoms with van der Waals surface area (Å²) in [5, 5.41) is 2.86. The van der Waals surface area contributed by atoms with Gasteiger partial charge in [0.2, 0.25) is 5.91 Å². The van der Waals surface area contributed by atoms with Gasteiger partial charge in [0.1, 0.15) is 0 Å². The minimum absolute atomic E-state index is 0.168. The van der Waals surface area contributed by atoms with Gasteiger partial charge >= 0.3 is 0 Å². The first-order valence-corrected chi connectivity index (χ1v) is 10.2. The van der Waals surface area contributed by atoms with E-state index in [1.165, 1.54) is 6.92 Å². The molecule has 0 saturated carbocycles. The second-order valence-corrected chi connectivity index (χ2v) is 7.86. The van der Waals surface area contributed by atoms with Crippen molar-refractivity contribution in [2.45, 2.75) is 25.7 Å². The highest BCUT2D eigenvalue weighted by Crippen LogP contribution is 2.35. The van der Waals surface area contributed by atoms with Crippen LogP contribution in [0.25, 0.3) is 22.4 Å². The van der Waals surface area contributed by atoms with Gasteiger partial charge in [-0.1, -0.05) is 36.4 Å². The first kappa shape index (κ1) is 19.0. The van der Waals surface area contributed by atoms with Gasteiger partial charge in [0.05, 0.1) is 5.69 Å². The number of pyridine rings is 1. The Morgan fingerprint density at radius 2 is 1.70 bits per heavy atom. The lowest BCUT2D eigenvalue weighted by Crippen LogP contribution is -2.08. The molecule has 2 aromatic carbocycles. The molecule has 3 aromatic rings. The number of hydrogen-bond acceptors (Lipinski definition) is 3. The summed E-state index contributed by atoms with van der Waals surface area (Å²) in [4.78, 5) is 17.0. The predicted molar refractivity (Wildman–Crippen MR) is 111 cm³/mol. The number of carbonyl (C=O) groups is 1. The maximum absolute atomic E-state index is 11.8. The number of anilines is 1. The molecule has 0 bridgehead atoms. The first-order chi connectivity index (χ1) is 12.9. The van der Waals surface area contributed by atoms with Crippen LogP contribution in [0.2, 0.25) is 0 Å². The van der Waals surface area contributed by atoms with Gasteiger partial charge in [0.15, 0.2) is 0 Å². The molecule has 1 amide bonds. The molecule has 0 aliphatic rings. The fraction of sp³-hybridized carbons (Fsp3) is 0.182. The highest BCUT2D eigenvalue weighted by Gasteiger charge is 2.15. The molecule has 1 unspecified atom stereocenters. The van der Waals surface area contributed by atoms with E-state index in [1.807, 2.05) is 48.7 Å². The van der Waals surface area contributed by atoms with Crippen LogP contribution >= 0.6 is 0 Å². The first-order valence-electron chi connectivity index (χ1n) is 8.65. The molecule has 4 nitrogen and oxygen atoms in total. The summed E-state index contributed by atoms with van der Waals surface area (Å²) in [5.74, 6) is -0.168. The van der Waals surface area contributed by atoms with Crippen molar-refractivity contribution in [1.82, 2.24) is 4.98 Å². The quantitative estimate of drug-likeness (QED) is 0.714. The number of amides is 1. The molecule has 0 aliphatic heterocycles. The van der Waals surface area contributed by atoms with Gasteiger partial charge in [0.25, 0.3) is 0 Å². The Morgan fingerprint density at radius 1 is 1.00 bits per heavy atom. The molecule has 3 rings (SSSR count). The van der Waals surface area contributed by atoms with E-state index in [1.54, 1.807) is 12.3 Å². The third-order valence-electron chi connectivity index (χ3n) is 4.62. The fourth-order valence-electron chi connectivity index (χ4n) is 3.09. The summed E-state index contributed by atoms with van der Waals surface area (Å²) in [5.41, 5.74) is 6.67. The second-order valence-electron chi connectivity index (χ2n) is 6.48. The van der Waals surface area contributed by atoms with Crippen LogP contribution in [-0.4, -0.2) is 21.4 Å². The van der Waals surface area contributed by atoms with Crippen molar-refractivity contribution in [1.29, 1.82) is 0 Å². The zero-order chi connectivity index (χ0) is 19.6. The third-order valence-corrected chi connectivity index (χ3v) is 5.53. The molecular formula is C22H22N2O2S. The van der Waals surface area contributed by atoms with E-state index in [9.17, 15) is 9.00 Å². The lowest BCUT2D eigenvalue weighted by atomic mass is 9.94. The second kappa shape index (κ2) is 7.84. The van der Waals surface area contributed by atoms with Crippen LogP contribution in [0.3, 0.4) is 0 Å². The summed E-state index contributed by atoms with van der Waals surface area (Å²) < 4.78 is 11.8. The van der Waals surface area contributed by atoms with E-state index in [0.29, 0.717) is 10.6 Å². The Kier molecular flexibility index (Phi) is 5.51. The van der Waals surface area contributed by atoms with Gasteiger partial charge < -0.3 is 5.32 Å². The summed E-state index contributed by atoms with van der Waals surface area (Å²) in [7, 11) is -1.12. The van der Waals surface area contributed by atoms with Crippen molar-refractivity contribution >= 4 is 22.4 Å². The number of rotatable bonds is 4. The van der Waals surface area contributed by atoms with Crippen molar-refractivity contribution in [3.63, 3.8) is 0 Å². The van der Waals surface area contributed by atoms with E-state index in [4.69, 9.17) is 4.98 Å². The normalized spacial score (nSPS) is 11.9. The van der Waals surface area contributed by atoms with Gasteiger partial charge in [0, 0.05) is 57.4 Å². The van der Waals surface area contributed by atoms with Crippen LogP contribution < -0.4 is 5.32 Å². The van der Waals surface area contributed by atoms with Crippen LogP contribution in [0.5, 0.6) is 0 Å². The maximum atomic E-state index is 11.8. The standard InChI is InChI=1S/C22H22N2O2S/c1-14-15(2)22(17-8-6-5-7-9-17)23-13-20(14)19-11-10-18(27(4)26)12-21(19)24-16(3)25/h5-13H,1-4H3,(H,24,25).